The first-order chi connectivity index (χ1) is 15.1. The number of β-amino-alcohol motifs (C(OH)–C–C–N with tert-alkyl or cyclic N) is 1. The molecule has 0 amide bonds. The van der Waals surface area contributed by atoms with Crippen LogP contribution in [0.25, 0.3) is 22.3 Å². The molecular weight excluding hydrogens is 412 g/mol. The van der Waals surface area contributed by atoms with Gasteiger partial charge in [-0.05, 0) is 62.6 Å². The van der Waals surface area contributed by atoms with E-state index in [1.165, 1.54) is 0 Å². The molecule has 1 atom stereocenters. The number of fused-ring (bicyclic) bond motifs is 1. The number of hydrogen-bond acceptors (Lipinski definition) is 6. The van der Waals surface area contributed by atoms with Crippen LogP contribution < -0.4 is 4.90 Å². The van der Waals surface area contributed by atoms with Gasteiger partial charge in [0.05, 0.1) is 17.2 Å². The third kappa shape index (κ3) is 4.20. The maximum absolute atomic E-state index is 10.3. The number of aromatic nitrogens is 2. The lowest BCUT2D eigenvalue weighted by Crippen LogP contribution is -2.49. The first-order valence-electron chi connectivity index (χ1n) is 11.0. The Bertz CT molecular complexity index is 1080. The summed E-state index contributed by atoms with van der Waals surface area (Å²) >= 11 is 6.25. The molecule has 7 heteroatoms. The Morgan fingerprint density at radius 1 is 0.968 bits per heavy atom. The van der Waals surface area contributed by atoms with Crippen molar-refractivity contribution >= 4 is 28.3 Å². The Morgan fingerprint density at radius 3 is 2.55 bits per heavy atom. The Morgan fingerprint density at radius 2 is 1.77 bits per heavy atom. The molecule has 3 aromatic rings. The van der Waals surface area contributed by atoms with E-state index in [0.717, 1.165) is 68.6 Å². The van der Waals surface area contributed by atoms with E-state index in [9.17, 15) is 10.2 Å². The standard InChI is InChI=1S/C24H27ClN4O2/c25-16-7-8-19-21(14-16)26-23(20-5-1-2-6-22(20)31)27-24(19)28-12-9-17(10-13-28)29-11-3-4-18(30)15-29/h1-2,5-8,14,17-18,30-31H,3-4,9-13,15H2. The molecule has 2 aliphatic heterocycles. The smallest absolute Gasteiger partial charge is 0.165 e. The Kier molecular flexibility index (Phi) is 5.69. The molecule has 2 saturated heterocycles. The van der Waals surface area contributed by atoms with Crippen molar-refractivity contribution in [2.45, 2.75) is 37.8 Å². The van der Waals surface area contributed by atoms with Crippen molar-refractivity contribution < 1.29 is 10.2 Å². The molecule has 1 unspecified atom stereocenters. The Hall–Kier alpha value is -2.41. The van der Waals surface area contributed by atoms with Crippen molar-refractivity contribution in [1.29, 1.82) is 0 Å². The summed E-state index contributed by atoms with van der Waals surface area (Å²) in [4.78, 5) is 14.4. The number of para-hydroxylation sites is 1. The van der Waals surface area contributed by atoms with Gasteiger partial charge in [0, 0.05) is 36.1 Å². The number of hydrogen-bond donors (Lipinski definition) is 2. The molecular formula is C24H27ClN4O2. The largest absolute Gasteiger partial charge is 0.507 e. The van der Waals surface area contributed by atoms with Gasteiger partial charge in [-0.25, -0.2) is 9.97 Å². The van der Waals surface area contributed by atoms with Crippen molar-refractivity contribution in [3.05, 3.63) is 47.5 Å². The number of aromatic hydroxyl groups is 1. The second-order valence-electron chi connectivity index (χ2n) is 8.56. The zero-order chi connectivity index (χ0) is 21.4. The number of rotatable bonds is 3. The number of halogens is 1. The zero-order valence-corrected chi connectivity index (χ0v) is 18.2. The van der Waals surface area contributed by atoms with Crippen LogP contribution in [0.3, 0.4) is 0 Å². The van der Waals surface area contributed by atoms with Crippen molar-refractivity contribution in [1.82, 2.24) is 14.9 Å². The molecule has 0 saturated carbocycles. The minimum atomic E-state index is -0.191. The van der Waals surface area contributed by atoms with E-state index >= 15 is 0 Å². The molecule has 0 spiro atoms. The molecule has 6 nitrogen and oxygen atoms in total. The monoisotopic (exact) mass is 438 g/mol. The average molecular weight is 439 g/mol. The molecule has 0 aliphatic carbocycles. The van der Waals surface area contributed by atoms with Crippen LogP contribution in [0.5, 0.6) is 5.75 Å². The molecule has 2 N–H and O–H groups in total. The molecule has 1 aromatic heterocycles. The summed E-state index contributed by atoms with van der Waals surface area (Å²) in [6.07, 6.45) is 3.88. The lowest BCUT2D eigenvalue weighted by molar-refractivity contribution is 0.0398. The third-order valence-corrected chi connectivity index (χ3v) is 6.73. The number of benzene rings is 2. The summed E-state index contributed by atoms with van der Waals surface area (Å²) in [6.45, 7) is 3.66. The van der Waals surface area contributed by atoms with Crippen LogP contribution in [0.1, 0.15) is 25.7 Å². The van der Waals surface area contributed by atoms with Gasteiger partial charge in [-0.2, -0.15) is 0 Å². The fraction of sp³-hybridized carbons (Fsp3) is 0.417. The van der Waals surface area contributed by atoms with Gasteiger partial charge < -0.3 is 15.1 Å². The summed E-state index contributed by atoms with van der Waals surface area (Å²) in [6, 6.07) is 13.4. The topological polar surface area (TPSA) is 72.7 Å². The Balaban J connectivity index is 1.46. The predicted molar refractivity (Wildman–Crippen MR) is 124 cm³/mol. The number of nitrogens with zero attached hydrogens (tertiary/aromatic N) is 4. The quantitative estimate of drug-likeness (QED) is 0.642. The second kappa shape index (κ2) is 8.61. The van der Waals surface area contributed by atoms with Gasteiger partial charge in [0.15, 0.2) is 5.82 Å². The first-order valence-corrected chi connectivity index (χ1v) is 11.4. The van der Waals surface area contributed by atoms with E-state index in [2.05, 4.69) is 9.80 Å². The van der Waals surface area contributed by atoms with Crippen molar-refractivity contribution in [3.8, 4) is 17.1 Å². The highest BCUT2D eigenvalue weighted by atomic mass is 35.5. The minimum Gasteiger partial charge on any atom is -0.507 e. The normalized spacial score (nSPS) is 21.0. The minimum absolute atomic E-state index is 0.164. The maximum Gasteiger partial charge on any atom is 0.165 e. The number of likely N-dealkylation sites (tertiary alicyclic amines) is 1. The highest BCUT2D eigenvalue weighted by molar-refractivity contribution is 6.31. The van der Waals surface area contributed by atoms with E-state index in [1.54, 1.807) is 12.1 Å². The van der Waals surface area contributed by atoms with Crippen LogP contribution in [-0.2, 0) is 0 Å². The number of piperidine rings is 2. The molecule has 31 heavy (non-hydrogen) atoms. The van der Waals surface area contributed by atoms with Crippen LogP contribution in [0.2, 0.25) is 5.02 Å². The first kappa shape index (κ1) is 20.5. The molecule has 0 radical (unpaired) electrons. The fourth-order valence-corrected chi connectivity index (χ4v) is 5.03. The number of phenols is 1. The molecule has 162 valence electrons. The van der Waals surface area contributed by atoms with Gasteiger partial charge >= 0.3 is 0 Å². The fourth-order valence-electron chi connectivity index (χ4n) is 4.87. The molecule has 2 fully saturated rings. The zero-order valence-electron chi connectivity index (χ0n) is 17.4. The number of anilines is 1. The molecule has 2 aromatic carbocycles. The van der Waals surface area contributed by atoms with Gasteiger partial charge in [-0.1, -0.05) is 23.7 Å². The third-order valence-electron chi connectivity index (χ3n) is 6.49. The van der Waals surface area contributed by atoms with Crippen molar-refractivity contribution in [3.63, 3.8) is 0 Å². The lowest BCUT2D eigenvalue weighted by atomic mass is 9.98. The second-order valence-corrected chi connectivity index (χ2v) is 9.00. The summed E-state index contributed by atoms with van der Waals surface area (Å²) in [5.41, 5.74) is 1.39. The van der Waals surface area contributed by atoms with Crippen LogP contribution in [0.15, 0.2) is 42.5 Å². The predicted octanol–water partition coefficient (Wildman–Crippen LogP) is 4.08. The van der Waals surface area contributed by atoms with E-state index in [0.29, 0.717) is 22.5 Å². The summed E-state index contributed by atoms with van der Waals surface area (Å²) < 4.78 is 0. The van der Waals surface area contributed by atoms with Gasteiger partial charge in [0.2, 0.25) is 0 Å². The summed E-state index contributed by atoms with van der Waals surface area (Å²) in [5.74, 6) is 1.55. The van der Waals surface area contributed by atoms with Gasteiger partial charge in [0.1, 0.15) is 11.6 Å². The maximum atomic E-state index is 10.3. The van der Waals surface area contributed by atoms with Crippen LogP contribution in [0, 0.1) is 0 Å². The van der Waals surface area contributed by atoms with E-state index < -0.39 is 0 Å². The van der Waals surface area contributed by atoms with Crippen molar-refractivity contribution in [2.75, 3.05) is 31.1 Å². The molecule has 2 aliphatic rings. The summed E-state index contributed by atoms with van der Waals surface area (Å²) in [7, 11) is 0. The number of aliphatic hydroxyl groups excluding tert-OH is 1. The van der Waals surface area contributed by atoms with E-state index in [-0.39, 0.29) is 11.9 Å². The number of phenolic OH excluding ortho intramolecular Hbond substituents is 1. The summed E-state index contributed by atoms with van der Waals surface area (Å²) in [5, 5.41) is 22.0. The number of aliphatic hydroxyl groups is 1. The lowest BCUT2D eigenvalue weighted by Gasteiger charge is -2.41. The van der Waals surface area contributed by atoms with E-state index in [4.69, 9.17) is 21.6 Å². The molecule has 3 heterocycles. The SMILES string of the molecule is Oc1ccccc1-c1nc(N2CCC(N3CCCC(O)C3)CC2)c2ccc(Cl)cc2n1. The van der Waals surface area contributed by atoms with Gasteiger partial charge in [0.25, 0.3) is 0 Å². The van der Waals surface area contributed by atoms with Crippen LogP contribution in [0.4, 0.5) is 5.82 Å². The van der Waals surface area contributed by atoms with Crippen LogP contribution >= 0.6 is 11.6 Å². The highest BCUT2D eigenvalue weighted by Crippen LogP contribution is 2.34. The Labute approximate surface area is 187 Å². The van der Waals surface area contributed by atoms with E-state index in [1.807, 2.05) is 30.3 Å². The van der Waals surface area contributed by atoms with Gasteiger partial charge in [-0.3, -0.25) is 4.90 Å². The molecule has 5 rings (SSSR count). The average Bonchev–Trinajstić information content (AvgIpc) is 2.78. The highest BCUT2D eigenvalue weighted by Gasteiger charge is 2.29. The van der Waals surface area contributed by atoms with Crippen molar-refractivity contribution in [2.24, 2.45) is 0 Å². The molecule has 0 bridgehead atoms. The van der Waals surface area contributed by atoms with Gasteiger partial charge in [-0.15, -0.1) is 0 Å². The van der Waals surface area contributed by atoms with Crippen LogP contribution in [-0.4, -0.2) is 63.4 Å².